The van der Waals surface area contributed by atoms with Crippen LogP contribution in [0, 0.1) is 22.7 Å². The first-order chi connectivity index (χ1) is 12.5. The molecule has 148 valence electrons. The molecule has 0 radical (unpaired) electrons. The number of fused-ring (bicyclic) bond motifs is 1. The van der Waals surface area contributed by atoms with Gasteiger partial charge < -0.3 is 14.2 Å². The van der Waals surface area contributed by atoms with Gasteiger partial charge in [-0.15, -0.1) is 0 Å². The number of hydrogen-bond acceptors (Lipinski definition) is 6. The van der Waals surface area contributed by atoms with E-state index in [9.17, 15) is 14.4 Å². The number of hydrogen-bond donors (Lipinski definition) is 0. The Balaban J connectivity index is 2.47. The second-order valence-electron chi connectivity index (χ2n) is 8.18. The van der Waals surface area contributed by atoms with Crippen molar-refractivity contribution in [1.82, 2.24) is 0 Å². The molecule has 0 N–H and O–H groups in total. The maximum absolute atomic E-state index is 12.7. The maximum Gasteiger partial charge on any atom is 0.327 e. The summed E-state index contributed by atoms with van der Waals surface area (Å²) in [6.45, 7) is 11.1. The first-order valence-electron chi connectivity index (χ1n) is 8.94. The van der Waals surface area contributed by atoms with Crippen LogP contribution < -0.4 is 0 Å². The van der Waals surface area contributed by atoms with E-state index in [1.54, 1.807) is 26.8 Å². The molecule has 0 amide bonds. The summed E-state index contributed by atoms with van der Waals surface area (Å²) in [5.74, 6) is -2.39. The van der Waals surface area contributed by atoms with Crippen molar-refractivity contribution in [2.75, 3.05) is 14.2 Å². The van der Waals surface area contributed by atoms with Gasteiger partial charge in [0.1, 0.15) is 6.10 Å². The Kier molecular flexibility index (Phi) is 5.68. The van der Waals surface area contributed by atoms with E-state index in [4.69, 9.17) is 14.2 Å². The number of carbonyl (C=O) groups is 3. The fourth-order valence-electron chi connectivity index (χ4n) is 3.74. The number of carbonyl (C=O) groups excluding carboxylic acids is 3. The molecule has 2 rings (SSSR count). The first-order valence-corrected chi connectivity index (χ1v) is 8.94. The van der Waals surface area contributed by atoms with Crippen LogP contribution in [-0.4, -0.2) is 38.2 Å². The molecule has 0 aliphatic heterocycles. The van der Waals surface area contributed by atoms with Crippen LogP contribution in [0.25, 0.3) is 0 Å². The van der Waals surface area contributed by atoms with Gasteiger partial charge >= 0.3 is 17.9 Å². The number of methoxy groups -OCH3 is 2. The number of ether oxygens (including phenoxy) is 3. The SMILES string of the molecule is C=C(C)C1=CC(C(=O)OC)(C(=O)OC)[C@@H]2C[C@@H](OC(=O)C(C)(C)C)C=C[C@H]12. The fourth-order valence-corrected chi connectivity index (χ4v) is 3.74. The van der Waals surface area contributed by atoms with Crippen molar-refractivity contribution in [3.63, 3.8) is 0 Å². The standard InChI is InChI=1S/C21H28O6/c1-12(2)15-11-21(18(23)25-6,19(24)26-7)16-10-13(8-9-14(15)16)27-17(22)20(3,4)5/h8-9,11,13-14,16H,1,10H2,2-7H3/t13-,14+,16+/m0/s1. The molecule has 0 saturated heterocycles. The zero-order valence-electron chi connectivity index (χ0n) is 16.8. The van der Waals surface area contributed by atoms with Gasteiger partial charge in [0, 0.05) is 11.8 Å². The molecule has 3 atom stereocenters. The monoisotopic (exact) mass is 376 g/mol. The van der Waals surface area contributed by atoms with Crippen molar-refractivity contribution >= 4 is 17.9 Å². The lowest BCUT2D eigenvalue weighted by Gasteiger charge is -2.36. The minimum Gasteiger partial charge on any atom is -0.468 e. The molecule has 6 heteroatoms. The number of rotatable bonds is 4. The first kappa shape index (κ1) is 20.9. The zero-order chi connectivity index (χ0) is 20.6. The topological polar surface area (TPSA) is 78.9 Å². The summed E-state index contributed by atoms with van der Waals surface area (Å²) in [4.78, 5) is 37.7. The molecule has 0 spiro atoms. The average molecular weight is 376 g/mol. The van der Waals surface area contributed by atoms with Crippen LogP contribution in [0.2, 0.25) is 0 Å². The van der Waals surface area contributed by atoms with Crippen LogP contribution in [0.4, 0.5) is 0 Å². The highest BCUT2D eigenvalue weighted by Gasteiger charge is 2.60. The molecule has 0 saturated carbocycles. The van der Waals surface area contributed by atoms with E-state index in [1.807, 2.05) is 19.1 Å². The van der Waals surface area contributed by atoms with E-state index in [0.29, 0.717) is 6.42 Å². The van der Waals surface area contributed by atoms with E-state index < -0.39 is 34.8 Å². The molecule has 0 heterocycles. The summed E-state index contributed by atoms with van der Waals surface area (Å²) in [7, 11) is 2.48. The van der Waals surface area contributed by atoms with E-state index in [2.05, 4.69) is 6.58 Å². The van der Waals surface area contributed by atoms with E-state index in [-0.39, 0.29) is 11.9 Å². The predicted molar refractivity (Wildman–Crippen MR) is 99.4 cm³/mol. The average Bonchev–Trinajstić information content (AvgIpc) is 2.95. The summed E-state index contributed by atoms with van der Waals surface area (Å²) in [5.41, 5.74) is -0.676. The Morgan fingerprint density at radius 3 is 2.11 bits per heavy atom. The van der Waals surface area contributed by atoms with Gasteiger partial charge in [0.15, 0.2) is 5.41 Å². The van der Waals surface area contributed by atoms with Crippen molar-refractivity contribution < 1.29 is 28.6 Å². The maximum atomic E-state index is 12.7. The molecule has 0 bridgehead atoms. The van der Waals surface area contributed by atoms with E-state index in [0.717, 1.165) is 11.1 Å². The summed E-state index contributed by atoms with van der Waals surface area (Å²) < 4.78 is 15.5. The highest BCUT2D eigenvalue weighted by atomic mass is 16.6. The van der Waals surface area contributed by atoms with Crippen LogP contribution in [0.15, 0.2) is 36.0 Å². The highest BCUT2D eigenvalue weighted by molar-refractivity contribution is 6.04. The van der Waals surface area contributed by atoms with Gasteiger partial charge in [0.25, 0.3) is 0 Å². The molecular formula is C21H28O6. The van der Waals surface area contributed by atoms with Crippen molar-refractivity contribution in [3.8, 4) is 0 Å². The molecular weight excluding hydrogens is 348 g/mol. The summed E-state index contributed by atoms with van der Waals surface area (Å²) >= 11 is 0. The zero-order valence-corrected chi connectivity index (χ0v) is 16.8. The lowest BCUT2D eigenvalue weighted by molar-refractivity contribution is -0.170. The normalized spacial score (nSPS) is 25.9. The smallest absolute Gasteiger partial charge is 0.327 e. The third-order valence-corrected chi connectivity index (χ3v) is 5.19. The van der Waals surface area contributed by atoms with Gasteiger partial charge in [-0.25, -0.2) is 0 Å². The molecule has 0 unspecified atom stereocenters. The van der Waals surface area contributed by atoms with E-state index >= 15 is 0 Å². The molecule has 27 heavy (non-hydrogen) atoms. The van der Waals surface area contributed by atoms with Crippen molar-refractivity contribution in [2.45, 2.75) is 40.2 Å². The largest absolute Gasteiger partial charge is 0.468 e. The second-order valence-corrected chi connectivity index (χ2v) is 8.18. The fraction of sp³-hybridized carbons (Fsp3) is 0.571. The van der Waals surface area contributed by atoms with Crippen LogP contribution in [0.5, 0.6) is 0 Å². The molecule has 6 nitrogen and oxygen atoms in total. The Morgan fingerprint density at radius 1 is 1.11 bits per heavy atom. The predicted octanol–water partition coefficient (Wildman–Crippen LogP) is 2.99. The number of allylic oxidation sites excluding steroid dienone is 3. The third kappa shape index (κ3) is 3.57. The van der Waals surface area contributed by atoms with Crippen molar-refractivity contribution in [3.05, 3.63) is 36.0 Å². The van der Waals surface area contributed by atoms with Gasteiger partial charge in [0.2, 0.25) is 0 Å². The lowest BCUT2D eigenvalue weighted by atomic mass is 9.69. The van der Waals surface area contributed by atoms with Gasteiger partial charge in [-0.3, -0.25) is 14.4 Å². The van der Waals surface area contributed by atoms with Crippen LogP contribution in [0.1, 0.15) is 34.1 Å². The van der Waals surface area contributed by atoms with Gasteiger partial charge in [-0.2, -0.15) is 0 Å². The van der Waals surface area contributed by atoms with Crippen LogP contribution in [-0.2, 0) is 28.6 Å². The summed E-state index contributed by atoms with van der Waals surface area (Å²) in [6, 6.07) is 0. The van der Waals surface area contributed by atoms with Gasteiger partial charge in [-0.05, 0) is 45.8 Å². The molecule has 0 aromatic rings. The molecule has 0 aromatic carbocycles. The lowest BCUT2D eigenvalue weighted by Crippen LogP contribution is -2.47. The van der Waals surface area contributed by atoms with Crippen molar-refractivity contribution in [2.24, 2.45) is 22.7 Å². The Morgan fingerprint density at radius 2 is 1.67 bits per heavy atom. The molecule has 2 aliphatic carbocycles. The summed E-state index contributed by atoms with van der Waals surface area (Å²) in [5, 5.41) is 0. The van der Waals surface area contributed by atoms with Crippen LogP contribution >= 0.6 is 0 Å². The molecule has 0 fully saturated rings. The Hall–Kier alpha value is -2.37. The van der Waals surface area contributed by atoms with Crippen LogP contribution in [0.3, 0.4) is 0 Å². The van der Waals surface area contributed by atoms with Crippen molar-refractivity contribution in [1.29, 1.82) is 0 Å². The summed E-state index contributed by atoms with van der Waals surface area (Å²) in [6.07, 6.45) is 5.07. The Bertz CT molecular complexity index is 705. The van der Waals surface area contributed by atoms with Gasteiger partial charge in [0.05, 0.1) is 19.6 Å². The second kappa shape index (κ2) is 7.33. The quantitative estimate of drug-likeness (QED) is 0.325. The third-order valence-electron chi connectivity index (χ3n) is 5.19. The van der Waals surface area contributed by atoms with Gasteiger partial charge in [-0.1, -0.05) is 24.3 Å². The minimum atomic E-state index is -1.58. The van der Waals surface area contributed by atoms with E-state index in [1.165, 1.54) is 14.2 Å². The highest BCUT2D eigenvalue weighted by Crippen LogP contribution is 2.53. The molecule has 2 aliphatic rings. The Labute approximate surface area is 160 Å². The number of esters is 3. The molecule has 0 aromatic heterocycles. The minimum absolute atomic E-state index is 0.203.